The molecular formula is C16H20N4O. The summed E-state index contributed by atoms with van der Waals surface area (Å²) in [6, 6.07) is 6.12. The average Bonchev–Trinajstić information content (AvgIpc) is 2.86. The van der Waals surface area contributed by atoms with E-state index in [9.17, 15) is 0 Å². The number of rotatable bonds is 5. The van der Waals surface area contributed by atoms with Gasteiger partial charge in [0, 0.05) is 29.8 Å². The highest BCUT2D eigenvalue weighted by Crippen LogP contribution is 2.30. The van der Waals surface area contributed by atoms with Crippen molar-refractivity contribution in [2.75, 3.05) is 0 Å². The third-order valence-electron chi connectivity index (χ3n) is 3.75. The van der Waals surface area contributed by atoms with E-state index in [0.29, 0.717) is 24.6 Å². The Hall–Kier alpha value is -2.22. The minimum Gasteiger partial charge on any atom is -0.339 e. The molecule has 2 heterocycles. The van der Waals surface area contributed by atoms with Gasteiger partial charge in [-0.3, -0.25) is 4.98 Å². The van der Waals surface area contributed by atoms with Gasteiger partial charge in [0.2, 0.25) is 11.7 Å². The van der Waals surface area contributed by atoms with Crippen molar-refractivity contribution in [3.63, 3.8) is 0 Å². The topological polar surface area (TPSA) is 75.6 Å². The molecule has 2 aromatic rings. The first-order chi connectivity index (χ1) is 9.95. The second-order valence-corrected chi connectivity index (χ2v) is 5.83. The molecule has 0 aliphatic rings. The number of pyridine rings is 1. The molecule has 0 fully saturated rings. The number of aryl methyl sites for hydroxylation is 2. The zero-order valence-corrected chi connectivity index (χ0v) is 13.0. The normalized spacial score (nSPS) is 13.7. The van der Waals surface area contributed by atoms with Crippen LogP contribution in [0.4, 0.5) is 0 Å². The molecule has 0 N–H and O–H groups in total. The van der Waals surface area contributed by atoms with Gasteiger partial charge in [0.15, 0.2) is 0 Å². The Morgan fingerprint density at radius 3 is 2.48 bits per heavy atom. The Morgan fingerprint density at radius 1 is 1.24 bits per heavy atom. The lowest BCUT2D eigenvalue weighted by molar-refractivity contribution is 0.266. The maximum absolute atomic E-state index is 8.93. The highest BCUT2D eigenvalue weighted by Gasteiger charge is 2.25. The summed E-state index contributed by atoms with van der Waals surface area (Å²) in [6.07, 6.45) is 1.99. The van der Waals surface area contributed by atoms with Crippen molar-refractivity contribution in [1.29, 1.82) is 5.26 Å². The van der Waals surface area contributed by atoms with Crippen LogP contribution in [-0.2, 0) is 6.42 Å². The highest BCUT2D eigenvalue weighted by atomic mass is 16.5. The van der Waals surface area contributed by atoms with Gasteiger partial charge in [-0.25, -0.2) is 0 Å². The van der Waals surface area contributed by atoms with E-state index in [0.717, 1.165) is 23.4 Å². The van der Waals surface area contributed by atoms with Crippen molar-refractivity contribution in [2.24, 2.45) is 5.41 Å². The van der Waals surface area contributed by atoms with Crippen molar-refractivity contribution in [3.8, 4) is 17.5 Å². The largest absolute Gasteiger partial charge is 0.339 e. The van der Waals surface area contributed by atoms with E-state index >= 15 is 0 Å². The Morgan fingerprint density at radius 2 is 1.90 bits per heavy atom. The molecule has 110 valence electrons. The molecule has 0 aliphatic heterocycles. The Bertz CT molecular complexity index is 651. The molecule has 21 heavy (non-hydrogen) atoms. The molecule has 0 aromatic carbocycles. The first-order valence-corrected chi connectivity index (χ1v) is 7.11. The fraction of sp³-hybridized carbons (Fsp3) is 0.500. The second-order valence-electron chi connectivity index (χ2n) is 5.83. The standard InChI is InChI=1S/C16H20N4O/c1-5-16(4,6-7-17)10-14-19-15(20-21-14)13-8-11(2)18-12(3)9-13/h8-9H,5-6,10H2,1-4H3. The van der Waals surface area contributed by atoms with Gasteiger partial charge in [-0.2, -0.15) is 10.2 Å². The highest BCUT2D eigenvalue weighted by molar-refractivity contribution is 5.55. The Balaban J connectivity index is 2.24. The molecule has 0 spiro atoms. The summed E-state index contributed by atoms with van der Waals surface area (Å²) in [7, 11) is 0. The van der Waals surface area contributed by atoms with Crippen LogP contribution in [0.15, 0.2) is 16.7 Å². The maximum Gasteiger partial charge on any atom is 0.227 e. The fourth-order valence-corrected chi connectivity index (χ4v) is 2.28. The summed E-state index contributed by atoms with van der Waals surface area (Å²) in [5.74, 6) is 1.16. The van der Waals surface area contributed by atoms with E-state index in [-0.39, 0.29) is 5.41 Å². The minimum absolute atomic E-state index is 0.122. The minimum atomic E-state index is -0.122. The SMILES string of the molecule is CCC(C)(CC#N)Cc1nc(-c2cc(C)nc(C)c2)no1. The van der Waals surface area contributed by atoms with Gasteiger partial charge in [-0.15, -0.1) is 0 Å². The number of nitrogens with zero attached hydrogens (tertiary/aromatic N) is 4. The van der Waals surface area contributed by atoms with Crippen LogP contribution in [0.2, 0.25) is 0 Å². The van der Waals surface area contributed by atoms with Crippen LogP contribution in [-0.4, -0.2) is 15.1 Å². The number of aromatic nitrogens is 3. The van der Waals surface area contributed by atoms with Crippen molar-refractivity contribution in [1.82, 2.24) is 15.1 Å². The van der Waals surface area contributed by atoms with Gasteiger partial charge in [-0.05, 0) is 37.8 Å². The molecule has 0 radical (unpaired) electrons. The summed E-state index contributed by atoms with van der Waals surface area (Å²) in [6.45, 7) is 8.03. The predicted octanol–water partition coefficient (Wildman–Crippen LogP) is 3.62. The van der Waals surface area contributed by atoms with E-state index in [1.54, 1.807) is 0 Å². The van der Waals surface area contributed by atoms with Crippen LogP contribution < -0.4 is 0 Å². The molecule has 1 unspecified atom stereocenters. The summed E-state index contributed by atoms with van der Waals surface area (Å²) < 4.78 is 5.35. The molecule has 1 atom stereocenters. The smallest absolute Gasteiger partial charge is 0.227 e. The van der Waals surface area contributed by atoms with E-state index in [1.165, 1.54) is 0 Å². The quantitative estimate of drug-likeness (QED) is 0.838. The van der Waals surface area contributed by atoms with E-state index in [4.69, 9.17) is 9.78 Å². The van der Waals surface area contributed by atoms with Crippen LogP contribution in [0.25, 0.3) is 11.4 Å². The lowest BCUT2D eigenvalue weighted by Crippen LogP contribution is -2.18. The van der Waals surface area contributed by atoms with Crippen LogP contribution in [0.3, 0.4) is 0 Å². The summed E-state index contributed by atoms with van der Waals surface area (Å²) >= 11 is 0. The monoisotopic (exact) mass is 284 g/mol. The number of hydrogen-bond acceptors (Lipinski definition) is 5. The van der Waals surface area contributed by atoms with Crippen molar-refractivity contribution >= 4 is 0 Å². The lowest BCUT2D eigenvalue weighted by atomic mass is 9.81. The van der Waals surface area contributed by atoms with Crippen molar-refractivity contribution in [2.45, 2.75) is 47.0 Å². The van der Waals surface area contributed by atoms with E-state index in [1.807, 2.05) is 26.0 Å². The van der Waals surface area contributed by atoms with Gasteiger partial charge < -0.3 is 4.52 Å². The third kappa shape index (κ3) is 3.66. The van der Waals surface area contributed by atoms with Crippen molar-refractivity contribution < 1.29 is 4.52 Å². The number of hydrogen-bond donors (Lipinski definition) is 0. The van der Waals surface area contributed by atoms with Gasteiger partial charge in [-0.1, -0.05) is 19.0 Å². The molecule has 0 saturated carbocycles. The fourth-order valence-electron chi connectivity index (χ4n) is 2.28. The van der Waals surface area contributed by atoms with Crippen molar-refractivity contribution in [3.05, 3.63) is 29.4 Å². The molecule has 2 rings (SSSR count). The molecular weight excluding hydrogens is 264 g/mol. The Kier molecular flexibility index (Phi) is 4.37. The average molecular weight is 284 g/mol. The zero-order valence-electron chi connectivity index (χ0n) is 13.0. The van der Waals surface area contributed by atoms with Gasteiger partial charge in [0.1, 0.15) is 0 Å². The molecule has 0 amide bonds. The third-order valence-corrected chi connectivity index (χ3v) is 3.75. The zero-order chi connectivity index (χ0) is 15.5. The lowest BCUT2D eigenvalue weighted by Gasteiger charge is -2.22. The second kappa shape index (κ2) is 6.04. The van der Waals surface area contributed by atoms with E-state index in [2.05, 4.69) is 35.0 Å². The molecule has 5 heteroatoms. The van der Waals surface area contributed by atoms with Gasteiger partial charge in [0.25, 0.3) is 0 Å². The summed E-state index contributed by atoms with van der Waals surface area (Å²) in [5.41, 5.74) is 2.65. The van der Waals surface area contributed by atoms with Gasteiger partial charge >= 0.3 is 0 Å². The first kappa shape index (κ1) is 15.2. The van der Waals surface area contributed by atoms with Crippen LogP contribution in [0.1, 0.15) is 44.0 Å². The molecule has 0 aliphatic carbocycles. The van der Waals surface area contributed by atoms with E-state index < -0.39 is 0 Å². The summed E-state index contributed by atoms with van der Waals surface area (Å²) in [5, 5.41) is 13.0. The first-order valence-electron chi connectivity index (χ1n) is 7.11. The molecule has 0 saturated heterocycles. The molecule has 5 nitrogen and oxygen atoms in total. The number of nitriles is 1. The maximum atomic E-state index is 8.93. The molecule has 2 aromatic heterocycles. The Labute approximate surface area is 125 Å². The summed E-state index contributed by atoms with van der Waals surface area (Å²) in [4.78, 5) is 8.80. The molecule has 0 bridgehead atoms. The van der Waals surface area contributed by atoms with Gasteiger partial charge in [0.05, 0.1) is 6.07 Å². The van der Waals surface area contributed by atoms with Crippen LogP contribution in [0.5, 0.6) is 0 Å². The predicted molar refractivity (Wildman–Crippen MR) is 79.3 cm³/mol. The van der Waals surface area contributed by atoms with Crippen LogP contribution in [0, 0.1) is 30.6 Å². The van der Waals surface area contributed by atoms with Crippen LogP contribution >= 0.6 is 0 Å².